The maximum atomic E-state index is 5.70. The van der Waals surface area contributed by atoms with Crippen LogP contribution in [-0.4, -0.2) is 16.5 Å². The van der Waals surface area contributed by atoms with E-state index in [-0.39, 0.29) is 0 Å². The summed E-state index contributed by atoms with van der Waals surface area (Å²) in [6, 6.07) is 8.41. The number of hydrogen-bond donors (Lipinski definition) is 0. The first-order valence-corrected chi connectivity index (χ1v) is 6.14. The lowest BCUT2D eigenvalue weighted by Crippen LogP contribution is -2.15. The van der Waals surface area contributed by atoms with Crippen molar-refractivity contribution in [1.29, 1.82) is 0 Å². The van der Waals surface area contributed by atoms with E-state index in [4.69, 9.17) is 11.6 Å². The lowest BCUT2D eigenvalue weighted by atomic mass is 10.2. The van der Waals surface area contributed by atoms with Gasteiger partial charge < -0.3 is 4.90 Å². The Kier molecular flexibility index (Phi) is 2.69. The number of halogens is 1. The average molecular weight is 246 g/mol. The van der Waals surface area contributed by atoms with Crippen LogP contribution in [-0.2, 0) is 12.3 Å². The zero-order valence-corrected chi connectivity index (χ0v) is 10.1. The van der Waals surface area contributed by atoms with Crippen LogP contribution in [0.15, 0.2) is 36.7 Å². The average Bonchev–Trinajstić information content (AvgIpc) is 2.83. The van der Waals surface area contributed by atoms with E-state index in [2.05, 4.69) is 39.1 Å². The van der Waals surface area contributed by atoms with Crippen LogP contribution in [0.25, 0.3) is 0 Å². The minimum atomic E-state index is 0.407. The summed E-state index contributed by atoms with van der Waals surface area (Å²) in [6.07, 6.45) is 4.60. The first kappa shape index (κ1) is 10.5. The molecule has 0 spiro atoms. The summed E-state index contributed by atoms with van der Waals surface area (Å²) in [5, 5.41) is 0. The Balaban J connectivity index is 1.95. The summed E-state index contributed by atoms with van der Waals surface area (Å²) in [4.78, 5) is 10.9. The Hall–Kier alpha value is -1.61. The molecule has 0 N–H and O–H groups in total. The quantitative estimate of drug-likeness (QED) is 0.762. The number of benzene rings is 1. The molecular weight excluding hydrogens is 234 g/mol. The van der Waals surface area contributed by atoms with Crippen molar-refractivity contribution in [2.75, 3.05) is 11.4 Å². The summed E-state index contributed by atoms with van der Waals surface area (Å²) in [5.41, 5.74) is 3.42. The minimum Gasteiger partial charge on any atom is -0.325 e. The second-order valence-electron chi connectivity index (χ2n) is 4.03. The molecule has 0 bridgehead atoms. The van der Waals surface area contributed by atoms with E-state index in [1.54, 1.807) is 12.4 Å². The molecule has 0 saturated heterocycles. The number of anilines is 2. The molecule has 0 saturated carbocycles. The van der Waals surface area contributed by atoms with E-state index >= 15 is 0 Å². The summed E-state index contributed by atoms with van der Waals surface area (Å²) >= 11 is 5.70. The Bertz CT molecular complexity index is 524. The predicted molar refractivity (Wildman–Crippen MR) is 68.7 cm³/mol. The zero-order chi connectivity index (χ0) is 11.7. The molecule has 0 unspecified atom stereocenters. The molecule has 1 aromatic carbocycles. The van der Waals surface area contributed by atoms with Crippen LogP contribution in [0.1, 0.15) is 11.3 Å². The molecule has 86 valence electrons. The molecular formula is C13H12ClN3. The highest BCUT2D eigenvalue weighted by atomic mass is 35.5. The van der Waals surface area contributed by atoms with Crippen molar-refractivity contribution in [3.05, 3.63) is 47.9 Å². The van der Waals surface area contributed by atoms with Crippen LogP contribution in [0.5, 0.6) is 0 Å². The SMILES string of the molecule is ClCc1cnc(N2CCc3ccccc32)cn1. The molecule has 0 aliphatic carbocycles. The molecule has 0 atom stereocenters. The Morgan fingerprint density at radius 3 is 2.82 bits per heavy atom. The second-order valence-corrected chi connectivity index (χ2v) is 4.30. The van der Waals surface area contributed by atoms with Gasteiger partial charge in [-0.15, -0.1) is 11.6 Å². The molecule has 1 aliphatic heterocycles. The van der Waals surface area contributed by atoms with Gasteiger partial charge in [-0.2, -0.15) is 0 Å². The molecule has 17 heavy (non-hydrogen) atoms. The van der Waals surface area contributed by atoms with Gasteiger partial charge in [-0.25, -0.2) is 4.98 Å². The third kappa shape index (κ3) is 1.87. The van der Waals surface area contributed by atoms with Crippen molar-refractivity contribution in [2.24, 2.45) is 0 Å². The number of fused-ring (bicyclic) bond motifs is 1. The maximum absolute atomic E-state index is 5.70. The third-order valence-corrected chi connectivity index (χ3v) is 3.27. The normalized spacial score (nSPS) is 13.8. The fourth-order valence-corrected chi connectivity index (χ4v) is 2.27. The molecule has 2 heterocycles. The fourth-order valence-electron chi connectivity index (χ4n) is 2.13. The van der Waals surface area contributed by atoms with Crippen molar-refractivity contribution in [2.45, 2.75) is 12.3 Å². The van der Waals surface area contributed by atoms with Crippen LogP contribution in [0, 0.1) is 0 Å². The van der Waals surface area contributed by atoms with Crippen LogP contribution in [0.2, 0.25) is 0 Å². The van der Waals surface area contributed by atoms with Gasteiger partial charge in [0.25, 0.3) is 0 Å². The molecule has 4 heteroatoms. The van der Waals surface area contributed by atoms with Gasteiger partial charge in [0.05, 0.1) is 24.0 Å². The Morgan fingerprint density at radius 1 is 1.18 bits per heavy atom. The van der Waals surface area contributed by atoms with E-state index in [1.807, 2.05) is 0 Å². The first-order valence-electron chi connectivity index (χ1n) is 5.61. The van der Waals surface area contributed by atoms with Crippen LogP contribution in [0.3, 0.4) is 0 Å². The van der Waals surface area contributed by atoms with E-state index in [0.29, 0.717) is 5.88 Å². The molecule has 0 radical (unpaired) electrons. The highest BCUT2D eigenvalue weighted by Crippen LogP contribution is 2.32. The monoisotopic (exact) mass is 245 g/mol. The summed E-state index contributed by atoms with van der Waals surface area (Å²) < 4.78 is 0. The number of hydrogen-bond acceptors (Lipinski definition) is 3. The molecule has 0 fully saturated rings. The number of para-hydroxylation sites is 1. The van der Waals surface area contributed by atoms with Crippen molar-refractivity contribution in [3.63, 3.8) is 0 Å². The highest BCUT2D eigenvalue weighted by Gasteiger charge is 2.20. The molecule has 1 aliphatic rings. The van der Waals surface area contributed by atoms with Crippen molar-refractivity contribution in [1.82, 2.24) is 9.97 Å². The van der Waals surface area contributed by atoms with Crippen LogP contribution >= 0.6 is 11.6 Å². The lowest BCUT2D eigenvalue weighted by Gasteiger charge is -2.17. The standard InChI is InChI=1S/C13H12ClN3/c14-7-11-8-16-13(9-15-11)17-6-5-10-3-1-2-4-12(10)17/h1-4,8-9H,5-7H2. The topological polar surface area (TPSA) is 29.0 Å². The number of alkyl halides is 1. The maximum Gasteiger partial charge on any atom is 0.151 e. The van der Waals surface area contributed by atoms with Crippen LogP contribution < -0.4 is 4.90 Å². The second kappa shape index (κ2) is 4.34. The summed E-state index contributed by atoms with van der Waals surface area (Å²) in [5.74, 6) is 1.30. The van der Waals surface area contributed by atoms with Gasteiger partial charge in [0, 0.05) is 12.2 Å². The summed E-state index contributed by atoms with van der Waals surface area (Å²) in [7, 11) is 0. The minimum absolute atomic E-state index is 0.407. The third-order valence-electron chi connectivity index (χ3n) is 2.99. The van der Waals surface area contributed by atoms with E-state index in [0.717, 1.165) is 24.5 Å². The van der Waals surface area contributed by atoms with Gasteiger partial charge in [-0.05, 0) is 18.1 Å². The first-order chi connectivity index (χ1) is 8.38. The highest BCUT2D eigenvalue weighted by molar-refractivity contribution is 6.16. The van der Waals surface area contributed by atoms with Crippen molar-refractivity contribution < 1.29 is 0 Å². The molecule has 0 amide bonds. The van der Waals surface area contributed by atoms with Gasteiger partial charge >= 0.3 is 0 Å². The largest absolute Gasteiger partial charge is 0.325 e. The summed E-state index contributed by atoms with van der Waals surface area (Å²) in [6.45, 7) is 0.967. The number of rotatable bonds is 2. The van der Waals surface area contributed by atoms with Gasteiger partial charge in [-0.1, -0.05) is 18.2 Å². The molecule has 3 nitrogen and oxygen atoms in total. The fraction of sp³-hybridized carbons (Fsp3) is 0.231. The smallest absolute Gasteiger partial charge is 0.151 e. The molecule has 1 aromatic heterocycles. The van der Waals surface area contributed by atoms with E-state index in [9.17, 15) is 0 Å². The lowest BCUT2D eigenvalue weighted by molar-refractivity contribution is 0.954. The number of aromatic nitrogens is 2. The predicted octanol–water partition coefficient (Wildman–Crippen LogP) is 2.91. The number of nitrogens with zero attached hydrogens (tertiary/aromatic N) is 3. The van der Waals surface area contributed by atoms with Gasteiger partial charge in [0.2, 0.25) is 0 Å². The van der Waals surface area contributed by atoms with Crippen molar-refractivity contribution >= 4 is 23.1 Å². The van der Waals surface area contributed by atoms with E-state index in [1.165, 1.54) is 11.3 Å². The Labute approximate surface area is 105 Å². The molecule has 3 rings (SSSR count). The van der Waals surface area contributed by atoms with Gasteiger partial charge in [0.15, 0.2) is 5.82 Å². The molecule has 2 aromatic rings. The van der Waals surface area contributed by atoms with Gasteiger partial charge in [0.1, 0.15) is 0 Å². The van der Waals surface area contributed by atoms with Crippen molar-refractivity contribution in [3.8, 4) is 0 Å². The Morgan fingerprint density at radius 2 is 2.06 bits per heavy atom. The van der Waals surface area contributed by atoms with E-state index < -0.39 is 0 Å². The van der Waals surface area contributed by atoms with Crippen LogP contribution in [0.4, 0.5) is 11.5 Å². The zero-order valence-electron chi connectivity index (χ0n) is 9.31. The van der Waals surface area contributed by atoms with Gasteiger partial charge in [-0.3, -0.25) is 4.98 Å².